The second-order valence-electron chi connectivity index (χ2n) is 5.24. The zero-order chi connectivity index (χ0) is 15.0. The third-order valence-electron chi connectivity index (χ3n) is 3.81. The van der Waals surface area contributed by atoms with Crippen molar-refractivity contribution in [2.75, 3.05) is 11.4 Å². The number of nitrogens with two attached hydrogens (primary N) is 1. The Hall–Kier alpha value is -2.07. The van der Waals surface area contributed by atoms with E-state index in [4.69, 9.17) is 17.3 Å². The lowest BCUT2D eigenvalue weighted by Crippen LogP contribution is -2.47. The molecule has 0 spiro atoms. The van der Waals surface area contributed by atoms with Crippen LogP contribution in [0.15, 0.2) is 53.5 Å². The number of hydrogen-bond donors (Lipinski definition) is 1. The molecule has 3 rings (SSSR count). The fourth-order valence-electron chi connectivity index (χ4n) is 2.74. The predicted molar refractivity (Wildman–Crippen MR) is 84.2 cm³/mol. The van der Waals surface area contributed by atoms with Crippen molar-refractivity contribution in [1.82, 2.24) is 0 Å². The van der Waals surface area contributed by atoms with E-state index in [1.54, 1.807) is 12.1 Å². The lowest BCUT2D eigenvalue weighted by molar-refractivity contribution is 0.532. The van der Waals surface area contributed by atoms with Crippen molar-refractivity contribution in [3.8, 4) is 0 Å². The molecule has 0 aromatic heterocycles. The van der Waals surface area contributed by atoms with Gasteiger partial charge < -0.3 is 10.6 Å². The summed E-state index contributed by atoms with van der Waals surface area (Å²) < 4.78 is 13.1. The first-order valence-electron chi connectivity index (χ1n) is 6.63. The molecule has 5 heteroatoms. The monoisotopic (exact) mass is 303 g/mol. The molecule has 1 atom stereocenters. The molecular formula is C16H15ClFN3. The first-order valence-corrected chi connectivity index (χ1v) is 7.01. The van der Waals surface area contributed by atoms with Crippen LogP contribution in [0.5, 0.6) is 0 Å². The molecule has 1 aliphatic heterocycles. The van der Waals surface area contributed by atoms with E-state index in [2.05, 4.69) is 4.99 Å². The SMILES string of the molecule is CC1(c2ccccc2Cl)CN=C(N)N1c1ccc(F)cc1. The molecule has 0 radical (unpaired) electrons. The molecule has 108 valence electrons. The smallest absolute Gasteiger partial charge is 0.196 e. The van der Waals surface area contributed by atoms with Crippen LogP contribution < -0.4 is 10.6 Å². The maximum Gasteiger partial charge on any atom is 0.196 e. The number of guanidine groups is 1. The van der Waals surface area contributed by atoms with E-state index in [9.17, 15) is 4.39 Å². The van der Waals surface area contributed by atoms with Crippen LogP contribution in [0.1, 0.15) is 12.5 Å². The summed E-state index contributed by atoms with van der Waals surface area (Å²) in [5.74, 6) is 0.122. The van der Waals surface area contributed by atoms with Crippen LogP contribution >= 0.6 is 11.6 Å². The minimum absolute atomic E-state index is 0.284. The molecule has 2 aromatic rings. The average molecular weight is 304 g/mol. The first kappa shape index (κ1) is 13.9. The molecule has 0 aliphatic carbocycles. The lowest BCUT2D eigenvalue weighted by atomic mass is 9.90. The van der Waals surface area contributed by atoms with Crippen molar-refractivity contribution in [2.45, 2.75) is 12.5 Å². The molecule has 1 aliphatic rings. The molecular weight excluding hydrogens is 289 g/mol. The molecule has 21 heavy (non-hydrogen) atoms. The van der Waals surface area contributed by atoms with Crippen LogP contribution in [0, 0.1) is 5.82 Å². The lowest BCUT2D eigenvalue weighted by Gasteiger charge is -2.37. The highest BCUT2D eigenvalue weighted by Gasteiger charge is 2.41. The maximum atomic E-state index is 13.1. The van der Waals surface area contributed by atoms with Gasteiger partial charge in [0.25, 0.3) is 0 Å². The fraction of sp³-hybridized carbons (Fsp3) is 0.188. The summed E-state index contributed by atoms with van der Waals surface area (Å²) >= 11 is 6.34. The van der Waals surface area contributed by atoms with Gasteiger partial charge in [0.05, 0.1) is 12.1 Å². The van der Waals surface area contributed by atoms with Gasteiger partial charge >= 0.3 is 0 Å². The van der Waals surface area contributed by atoms with Crippen molar-refractivity contribution in [3.05, 3.63) is 64.9 Å². The zero-order valence-electron chi connectivity index (χ0n) is 11.6. The number of rotatable bonds is 2. The van der Waals surface area contributed by atoms with E-state index < -0.39 is 5.54 Å². The summed E-state index contributed by atoms with van der Waals surface area (Å²) in [6, 6.07) is 13.8. The normalized spacial score (nSPS) is 21.5. The third-order valence-corrected chi connectivity index (χ3v) is 4.14. The van der Waals surface area contributed by atoms with E-state index in [0.717, 1.165) is 11.3 Å². The maximum absolute atomic E-state index is 13.1. The van der Waals surface area contributed by atoms with Crippen LogP contribution in [0.3, 0.4) is 0 Å². The molecule has 0 amide bonds. The van der Waals surface area contributed by atoms with Gasteiger partial charge in [0.1, 0.15) is 5.82 Å². The van der Waals surface area contributed by atoms with Crippen molar-refractivity contribution in [3.63, 3.8) is 0 Å². The zero-order valence-corrected chi connectivity index (χ0v) is 12.3. The molecule has 0 bridgehead atoms. The number of anilines is 1. The van der Waals surface area contributed by atoms with Crippen molar-refractivity contribution < 1.29 is 4.39 Å². The van der Waals surface area contributed by atoms with Crippen LogP contribution in [0.25, 0.3) is 0 Å². The molecule has 0 saturated carbocycles. The minimum atomic E-state index is -0.486. The standard InChI is InChI=1S/C16H15ClFN3/c1-16(13-4-2-3-5-14(13)17)10-20-15(19)21(16)12-8-6-11(18)7-9-12/h2-9H,10H2,1H3,(H2,19,20). The summed E-state index contributed by atoms with van der Waals surface area (Å²) in [5, 5.41) is 0.664. The summed E-state index contributed by atoms with van der Waals surface area (Å²) in [6.07, 6.45) is 0. The highest BCUT2D eigenvalue weighted by atomic mass is 35.5. The van der Waals surface area contributed by atoms with Gasteiger partial charge in [0.2, 0.25) is 0 Å². The molecule has 0 saturated heterocycles. The number of halogens is 2. The number of hydrogen-bond acceptors (Lipinski definition) is 3. The van der Waals surface area contributed by atoms with Gasteiger partial charge in [0.15, 0.2) is 5.96 Å². The second kappa shape index (κ2) is 5.04. The van der Waals surface area contributed by atoms with Gasteiger partial charge in [-0.05, 0) is 42.8 Å². The van der Waals surface area contributed by atoms with Gasteiger partial charge in [-0.2, -0.15) is 0 Å². The highest BCUT2D eigenvalue weighted by molar-refractivity contribution is 6.31. The van der Waals surface area contributed by atoms with Gasteiger partial charge in [-0.3, -0.25) is 4.99 Å². The van der Waals surface area contributed by atoms with Crippen molar-refractivity contribution in [2.24, 2.45) is 10.7 Å². The van der Waals surface area contributed by atoms with E-state index >= 15 is 0 Å². The van der Waals surface area contributed by atoms with Crippen molar-refractivity contribution >= 4 is 23.2 Å². The quantitative estimate of drug-likeness (QED) is 0.922. The number of aliphatic imine (C=N–C) groups is 1. The summed E-state index contributed by atoms with van der Waals surface area (Å²) in [6.45, 7) is 2.53. The molecule has 3 nitrogen and oxygen atoms in total. The fourth-order valence-corrected chi connectivity index (χ4v) is 3.08. The topological polar surface area (TPSA) is 41.6 Å². The van der Waals surface area contributed by atoms with E-state index in [1.165, 1.54) is 12.1 Å². The highest BCUT2D eigenvalue weighted by Crippen LogP contribution is 2.39. The van der Waals surface area contributed by atoms with Gasteiger partial charge in [0, 0.05) is 10.7 Å². The Bertz CT molecular complexity index is 699. The minimum Gasteiger partial charge on any atom is -0.369 e. The van der Waals surface area contributed by atoms with E-state index in [0.29, 0.717) is 17.5 Å². The molecule has 2 aromatic carbocycles. The average Bonchev–Trinajstić information content (AvgIpc) is 2.77. The van der Waals surface area contributed by atoms with Gasteiger partial charge in [-0.1, -0.05) is 29.8 Å². The van der Waals surface area contributed by atoms with Crippen LogP contribution in [-0.2, 0) is 5.54 Å². The summed E-state index contributed by atoms with van der Waals surface area (Å²) in [4.78, 5) is 6.25. The van der Waals surface area contributed by atoms with Gasteiger partial charge in [-0.15, -0.1) is 0 Å². The van der Waals surface area contributed by atoms with Crippen LogP contribution in [0.2, 0.25) is 5.02 Å². The molecule has 1 unspecified atom stereocenters. The van der Waals surface area contributed by atoms with Gasteiger partial charge in [-0.25, -0.2) is 4.39 Å². The van der Waals surface area contributed by atoms with Crippen LogP contribution in [0.4, 0.5) is 10.1 Å². The number of benzene rings is 2. The Balaban J connectivity index is 2.10. The first-order chi connectivity index (χ1) is 10.0. The summed E-state index contributed by atoms with van der Waals surface area (Å²) in [5.41, 5.74) is 7.30. The van der Waals surface area contributed by atoms with Crippen LogP contribution in [-0.4, -0.2) is 12.5 Å². The Morgan fingerprint density at radius 2 is 1.86 bits per heavy atom. The predicted octanol–water partition coefficient (Wildman–Crippen LogP) is 3.53. The Morgan fingerprint density at radius 1 is 1.19 bits per heavy atom. The van der Waals surface area contributed by atoms with E-state index in [1.807, 2.05) is 36.1 Å². The Labute approximate surface area is 127 Å². The number of nitrogens with zero attached hydrogens (tertiary/aromatic N) is 2. The molecule has 1 heterocycles. The Kier molecular flexibility index (Phi) is 3.33. The third kappa shape index (κ3) is 2.25. The second-order valence-corrected chi connectivity index (χ2v) is 5.65. The summed E-state index contributed by atoms with van der Waals surface area (Å²) in [7, 11) is 0. The Morgan fingerprint density at radius 3 is 2.52 bits per heavy atom. The molecule has 2 N–H and O–H groups in total. The largest absolute Gasteiger partial charge is 0.369 e. The van der Waals surface area contributed by atoms with Crippen molar-refractivity contribution in [1.29, 1.82) is 0 Å². The molecule has 0 fully saturated rings. The van der Waals surface area contributed by atoms with E-state index in [-0.39, 0.29) is 5.82 Å².